The SMILES string of the molecule is CC(=O)N1CCc2c(c(Nc3ccc(-c4cn(C)nc4C(F)(F)F)cc3F)nn2CC2COC2)C1.CC(=O)N1CCc2c(c(Nc3ccc(-c4cn(C)nc4C(F)F)cc3F)nn2C2CCOC2)C1.CC(=O)N1CCc2c(c(Nc3ccc(-c4cn(C)nc4C(F)F)cc3F)nn2[C@H]2CCOC2)C1.CC(=O)N1CCc2c(c(Nc3ccc(-c4cnn(C)c4)cc3F)nn2C2CCOCC2)C1. The van der Waals surface area contributed by atoms with Gasteiger partial charge < -0.3 is 59.8 Å². The maximum absolute atomic E-state index is 15.1. The van der Waals surface area contributed by atoms with Crippen molar-refractivity contribution in [3.63, 3.8) is 0 Å². The molecule has 8 aliphatic heterocycles. The standard InChI is InChI=1S/C23H24F4N6O2.2C23H25F3N6O2.C23H27FN6O2/c1-13(34)32-6-5-20-17(10-32)22(30-33(20)8-14-11-35-12-14)28-19-4-3-15(7-18(19)24)16-9-31(2)29-21(16)23(25,26)27;2*1-13(33)31-7-5-20-17(11-31)23(29-32(20)15-6-8-34-12-15)27-19-4-3-14(9-18(19)24)16-10-30(2)28-21(16)22(25)26;1-15(31)29-8-5-22-19(14-29)23(27-30(22)18-6-9-32-10-7-18)26-21-4-3-16(11-20(21)24)17-12-25-28(2)13-17/h3-4,7,9,14H,5-6,8,10-12H2,1-2H3,(H,28,30);2*3-4,9-10,15,22H,5-8,11-12H2,1-2H3,(H,27,29);3-4,11-13,18H,5-10,14H2,1-2H3,(H,26,27)/t;15-;;/m.0../s1. The number of hydrogen-bond acceptors (Lipinski definition) is 20. The molecule has 135 heavy (non-hydrogen) atoms. The van der Waals surface area contributed by atoms with Gasteiger partial charge in [-0.2, -0.15) is 54.0 Å². The van der Waals surface area contributed by atoms with Crippen LogP contribution in [0.5, 0.6) is 0 Å². The second-order valence-corrected chi connectivity index (χ2v) is 34.7. The van der Waals surface area contributed by atoms with Crippen molar-refractivity contribution in [3.05, 3.63) is 189 Å². The minimum absolute atomic E-state index is 0.0320. The lowest BCUT2D eigenvalue weighted by Crippen LogP contribution is -2.36. The molecule has 0 spiro atoms. The quantitative estimate of drug-likeness (QED) is 0.0547. The molecule has 2 atom stereocenters. The third-order valence-corrected chi connectivity index (χ3v) is 25.4. The van der Waals surface area contributed by atoms with Gasteiger partial charge in [0.15, 0.2) is 29.0 Å². The zero-order chi connectivity index (χ0) is 95.1. The summed E-state index contributed by atoms with van der Waals surface area (Å²) in [5, 5.41) is 46.6. The zero-order valence-corrected chi connectivity index (χ0v) is 75.3. The molecule has 16 heterocycles. The minimum atomic E-state index is -4.66. The normalized spacial score (nSPS) is 17.2. The lowest BCUT2D eigenvalue weighted by molar-refractivity contribution is -0.141. The van der Waals surface area contributed by atoms with Crippen LogP contribution in [0.2, 0.25) is 0 Å². The maximum Gasteiger partial charge on any atom is 0.435 e. The van der Waals surface area contributed by atoms with Gasteiger partial charge in [-0.1, -0.05) is 24.3 Å². The number of aromatic nitrogens is 16. The average Bonchev–Trinajstić information content (AvgIpc) is 1.68. The van der Waals surface area contributed by atoms with Crippen LogP contribution >= 0.6 is 0 Å². The number of carbonyl (C=O) groups is 4. The van der Waals surface area contributed by atoms with Crippen LogP contribution in [0.15, 0.2) is 104 Å². The van der Waals surface area contributed by atoms with Crippen molar-refractivity contribution in [2.45, 2.75) is 149 Å². The lowest BCUT2D eigenvalue weighted by Gasteiger charge is -2.29. The van der Waals surface area contributed by atoms with Gasteiger partial charge in [0.2, 0.25) is 23.6 Å². The van der Waals surface area contributed by atoms with E-state index in [1.165, 1.54) is 98.2 Å². The van der Waals surface area contributed by atoms with E-state index < -0.39 is 53.6 Å². The Morgan fingerprint density at radius 2 is 0.748 bits per heavy atom. The number of alkyl halides is 7. The molecule has 1 unspecified atom stereocenters. The first kappa shape index (κ1) is 93.5. The van der Waals surface area contributed by atoms with Crippen LogP contribution in [0.25, 0.3) is 44.5 Å². The highest BCUT2D eigenvalue weighted by Crippen LogP contribution is 2.44. The summed E-state index contributed by atoms with van der Waals surface area (Å²) in [5.41, 5.74) is 9.01. The number of rotatable bonds is 19. The van der Waals surface area contributed by atoms with Gasteiger partial charge in [-0.25, -0.2) is 35.1 Å². The van der Waals surface area contributed by atoms with Crippen molar-refractivity contribution in [1.82, 2.24) is 97.8 Å². The molecule has 12 aromatic rings. The van der Waals surface area contributed by atoms with E-state index in [1.807, 2.05) is 38.3 Å². The van der Waals surface area contributed by atoms with Crippen molar-refractivity contribution in [2.75, 3.05) is 100 Å². The lowest BCUT2D eigenvalue weighted by atomic mass is 10.0. The van der Waals surface area contributed by atoms with E-state index in [0.29, 0.717) is 177 Å². The molecule has 714 valence electrons. The number of nitrogens with zero attached hydrogens (tertiary/aromatic N) is 20. The molecule has 4 amide bonds. The van der Waals surface area contributed by atoms with E-state index in [-0.39, 0.29) is 86.9 Å². The smallest absolute Gasteiger partial charge is 0.381 e. The second-order valence-electron chi connectivity index (χ2n) is 34.7. The summed E-state index contributed by atoms with van der Waals surface area (Å²) in [4.78, 5) is 54.9. The van der Waals surface area contributed by atoms with E-state index in [0.717, 1.165) is 99.0 Å². The van der Waals surface area contributed by atoms with E-state index >= 15 is 17.6 Å². The summed E-state index contributed by atoms with van der Waals surface area (Å²) in [6.07, 6.45) is 3.62. The molecule has 0 bridgehead atoms. The fourth-order valence-corrected chi connectivity index (χ4v) is 18.3. The molecule has 4 fully saturated rings. The Labute approximate surface area is 767 Å². The van der Waals surface area contributed by atoms with Crippen molar-refractivity contribution < 1.29 is 86.4 Å². The van der Waals surface area contributed by atoms with Crippen LogP contribution in [0, 0.1) is 29.2 Å². The van der Waals surface area contributed by atoms with Gasteiger partial charge in [-0.15, -0.1) is 0 Å². The molecule has 0 aliphatic carbocycles. The number of hydrogen-bond donors (Lipinski definition) is 4. The summed E-state index contributed by atoms with van der Waals surface area (Å²) in [5.74, 6) is -0.0386. The highest BCUT2D eigenvalue weighted by molar-refractivity contribution is 5.79. The van der Waals surface area contributed by atoms with Crippen molar-refractivity contribution in [3.8, 4) is 44.5 Å². The number of benzene rings is 4. The summed E-state index contributed by atoms with van der Waals surface area (Å²) < 4.78 is 189. The van der Waals surface area contributed by atoms with Crippen LogP contribution < -0.4 is 21.3 Å². The molecule has 32 nitrogen and oxygen atoms in total. The average molecular weight is 1880 g/mol. The maximum atomic E-state index is 15.1. The minimum Gasteiger partial charge on any atom is -0.381 e. The Morgan fingerprint density at radius 3 is 1.10 bits per heavy atom. The Hall–Kier alpha value is -13.3. The Kier molecular flexibility index (Phi) is 27.2. The highest BCUT2D eigenvalue weighted by atomic mass is 19.4. The van der Waals surface area contributed by atoms with Gasteiger partial charge in [0, 0.05) is 239 Å². The van der Waals surface area contributed by atoms with Crippen LogP contribution in [0.1, 0.15) is 146 Å². The fourth-order valence-electron chi connectivity index (χ4n) is 18.3. The molecule has 0 saturated carbocycles. The van der Waals surface area contributed by atoms with Gasteiger partial charge in [-0.05, 0) is 96.5 Å². The summed E-state index contributed by atoms with van der Waals surface area (Å²) in [7, 11) is 6.30. The van der Waals surface area contributed by atoms with Crippen LogP contribution in [0.4, 0.5) is 94.3 Å². The number of anilines is 8. The first-order valence-corrected chi connectivity index (χ1v) is 44.5. The zero-order valence-electron chi connectivity index (χ0n) is 75.3. The predicted octanol–water partition coefficient (Wildman–Crippen LogP) is 15.1. The molecular formula is C92H101F11N24O8. The van der Waals surface area contributed by atoms with Crippen molar-refractivity contribution in [2.24, 2.45) is 34.1 Å². The van der Waals surface area contributed by atoms with Crippen LogP contribution in [-0.2, 0) is 131 Å². The molecule has 43 heteroatoms. The Morgan fingerprint density at radius 1 is 0.400 bits per heavy atom. The number of amides is 4. The molecular weight excluding hydrogens is 1780 g/mol. The van der Waals surface area contributed by atoms with E-state index in [1.54, 1.807) is 64.8 Å². The van der Waals surface area contributed by atoms with Gasteiger partial charge in [0.05, 0.1) is 99.7 Å². The molecule has 4 aromatic carbocycles. The van der Waals surface area contributed by atoms with E-state index in [2.05, 4.69) is 51.4 Å². The number of aryl methyl sites for hydroxylation is 4. The van der Waals surface area contributed by atoms with Crippen molar-refractivity contribution >= 4 is 69.6 Å². The molecule has 8 aliphatic rings. The number of halogens is 11. The predicted molar refractivity (Wildman–Crippen MR) is 473 cm³/mol. The Bertz CT molecular complexity index is 6210. The molecule has 8 aromatic heterocycles. The molecule has 20 rings (SSSR count). The van der Waals surface area contributed by atoms with Crippen LogP contribution in [0.3, 0.4) is 0 Å². The first-order valence-electron chi connectivity index (χ1n) is 44.5. The number of nitrogens with one attached hydrogen (secondary N) is 4. The molecule has 4 N–H and O–H groups in total. The van der Waals surface area contributed by atoms with Gasteiger partial charge in [0.1, 0.15) is 34.7 Å². The third-order valence-electron chi connectivity index (χ3n) is 25.4. The van der Waals surface area contributed by atoms with Crippen molar-refractivity contribution in [1.29, 1.82) is 0 Å². The van der Waals surface area contributed by atoms with Gasteiger partial charge in [0.25, 0.3) is 12.9 Å². The third kappa shape index (κ3) is 20.3. The first-order chi connectivity index (χ1) is 64.7. The number of carbonyl (C=O) groups excluding carboxylic acids is 4. The Balaban J connectivity index is 0.000000125. The van der Waals surface area contributed by atoms with Gasteiger partial charge in [-0.3, -0.25) is 56.6 Å². The molecule has 4 saturated heterocycles. The summed E-state index contributed by atoms with van der Waals surface area (Å²) in [6.45, 7) is 16.0. The fraction of sp³-hybridized carbons (Fsp3) is 0.435. The monoisotopic (exact) mass is 1880 g/mol. The summed E-state index contributed by atoms with van der Waals surface area (Å²) >= 11 is 0. The van der Waals surface area contributed by atoms with Gasteiger partial charge >= 0.3 is 6.18 Å². The largest absolute Gasteiger partial charge is 0.435 e. The second kappa shape index (κ2) is 39.3. The van der Waals surface area contributed by atoms with E-state index in [9.17, 15) is 49.9 Å². The van der Waals surface area contributed by atoms with Crippen LogP contribution in [-0.4, -0.2) is 201 Å². The topological polar surface area (TPSA) is 309 Å². The summed E-state index contributed by atoms with van der Waals surface area (Å²) in [6, 6.07) is 18.0. The number of ether oxygens (including phenoxy) is 4. The highest BCUT2D eigenvalue weighted by Gasteiger charge is 2.40. The van der Waals surface area contributed by atoms with E-state index in [4.69, 9.17) is 34.2 Å². The number of fused-ring (bicyclic) bond motifs is 4. The molecule has 0 radical (unpaired) electrons.